The molecule has 1 N–H and O–H groups in total. The Morgan fingerprint density at radius 2 is 2.14 bits per heavy atom. The lowest BCUT2D eigenvalue weighted by atomic mass is 9.90. The predicted molar refractivity (Wildman–Crippen MR) is 87.0 cm³/mol. The highest BCUT2D eigenvalue weighted by Gasteiger charge is 2.30. The zero-order valence-corrected chi connectivity index (χ0v) is 15.7. The number of nitriles is 1. The first kappa shape index (κ1) is 18.1. The van der Waals surface area contributed by atoms with Gasteiger partial charge in [-0.3, -0.25) is 4.79 Å². The van der Waals surface area contributed by atoms with Crippen LogP contribution in [0.3, 0.4) is 0 Å². The highest BCUT2D eigenvalue weighted by Crippen LogP contribution is 2.32. The molecule has 1 aromatic rings. The molecule has 21 heavy (non-hydrogen) atoms. The summed E-state index contributed by atoms with van der Waals surface area (Å²) in [4.78, 5) is 23.9. The van der Waals surface area contributed by atoms with E-state index >= 15 is 0 Å². The average molecular weight is 438 g/mol. The summed E-state index contributed by atoms with van der Waals surface area (Å²) in [5, 5.41) is 11.7. The molecule has 114 valence electrons. The van der Waals surface area contributed by atoms with Gasteiger partial charge in [-0.15, -0.1) is 11.3 Å². The maximum absolute atomic E-state index is 11.8. The van der Waals surface area contributed by atoms with Gasteiger partial charge < -0.3 is 10.1 Å². The molecule has 1 atom stereocenters. The van der Waals surface area contributed by atoms with Gasteiger partial charge in [0.2, 0.25) is 0 Å². The molecule has 1 heterocycles. The molecule has 1 amide bonds. The Bertz CT molecular complexity index is 575. The van der Waals surface area contributed by atoms with E-state index in [2.05, 4.69) is 43.2 Å². The predicted octanol–water partition coefficient (Wildman–Crippen LogP) is 3.48. The number of thiophene rings is 1. The third kappa shape index (κ3) is 4.80. The van der Waals surface area contributed by atoms with Crippen molar-refractivity contribution in [3.63, 3.8) is 0 Å². The molecule has 0 bridgehead atoms. The Balaban J connectivity index is 2.58. The van der Waals surface area contributed by atoms with Crippen molar-refractivity contribution in [3.05, 3.63) is 19.2 Å². The minimum Gasteiger partial charge on any atom is -0.451 e. The Kier molecular flexibility index (Phi) is 6.38. The molecule has 0 fully saturated rings. The Hall–Kier alpha value is -0.910. The van der Waals surface area contributed by atoms with Crippen molar-refractivity contribution < 1.29 is 14.3 Å². The van der Waals surface area contributed by atoms with Crippen LogP contribution in [0, 0.1) is 17.2 Å². The molecule has 0 aliphatic rings. The zero-order chi connectivity index (χ0) is 16.2. The number of carbonyl (C=O) groups is 2. The van der Waals surface area contributed by atoms with Gasteiger partial charge in [-0.25, -0.2) is 4.79 Å². The summed E-state index contributed by atoms with van der Waals surface area (Å²) in [5.74, 6) is -1.15. The van der Waals surface area contributed by atoms with E-state index < -0.39 is 24.0 Å². The number of rotatable bonds is 5. The van der Waals surface area contributed by atoms with E-state index in [1.807, 2.05) is 13.8 Å². The smallest absolute Gasteiger partial charge is 0.348 e. The van der Waals surface area contributed by atoms with Crippen molar-refractivity contribution in [2.45, 2.75) is 26.3 Å². The van der Waals surface area contributed by atoms with Crippen LogP contribution in [-0.2, 0) is 9.53 Å². The summed E-state index contributed by atoms with van der Waals surface area (Å²) in [6.07, 6.45) is 0. The third-order valence-electron chi connectivity index (χ3n) is 2.97. The van der Waals surface area contributed by atoms with E-state index in [0.29, 0.717) is 4.88 Å². The number of hydrogen-bond donors (Lipinski definition) is 1. The van der Waals surface area contributed by atoms with Crippen LogP contribution < -0.4 is 5.32 Å². The van der Waals surface area contributed by atoms with Crippen molar-refractivity contribution in [3.8, 4) is 6.07 Å². The highest BCUT2D eigenvalue weighted by molar-refractivity contribution is 9.13. The number of ether oxygens (including phenoxy) is 1. The molecule has 5 nitrogen and oxygen atoms in total. The molecule has 8 heteroatoms. The maximum Gasteiger partial charge on any atom is 0.348 e. The van der Waals surface area contributed by atoms with Crippen LogP contribution in [0.15, 0.2) is 14.3 Å². The minimum absolute atomic E-state index is 0.0636. The molecule has 0 aliphatic heterocycles. The lowest BCUT2D eigenvalue weighted by Gasteiger charge is -2.27. The van der Waals surface area contributed by atoms with E-state index in [4.69, 9.17) is 10.00 Å². The van der Waals surface area contributed by atoms with E-state index in [1.54, 1.807) is 13.0 Å². The van der Waals surface area contributed by atoms with E-state index in [1.165, 1.54) is 11.3 Å². The van der Waals surface area contributed by atoms with Gasteiger partial charge in [0, 0.05) is 4.47 Å². The Labute approximate surface area is 143 Å². The molecule has 0 aromatic carbocycles. The van der Waals surface area contributed by atoms with Crippen molar-refractivity contribution in [2.24, 2.45) is 5.92 Å². The normalized spacial score (nSPS) is 13.4. The lowest BCUT2D eigenvalue weighted by Crippen LogP contribution is -2.50. The lowest BCUT2D eigenvalue weighted by molar-refractivity contribution is -0.125. The fraction of sp³-hybridized carbons (Fsp3) is 0.462. The molecular formula is C13H14Br2N2O3S. The summed E-state index contributed by atoms with van der Waals surface area (Å²) in [7, 11) is 0. The third-order valence-corrected chi connectivity index (χ3v) is 6.20. The van der Waals surface area contributed by atoms with Crippen molar-refractivity contribution >= 4 is 55.1 Å². The van der Waals surface area contributed by atoms with Gasteiger partial charge in [-0.05, 0) is 50.8 Å². The van der Waals surface area contributed by atoms with Crippen molar-refractivity contribution in [2.75, 3.05) is 6.61 Å². The first-order chi connectivity index (χ1) is 9.69. The summed E-state index contributed by atoms with van der Waals surface area (Å²) < 4.78 is 6.46. The zero-order valence-electron chi connectivity index (χ0n) is 11.7. The van der Waals surface area contributed by atoms with Crippen LogP contribution in [0.5, 0.6) is 0 Å². The molecule has 0 aliphatic carbocycles. The molecule has 0 unspecified atom stereocenters. The number of halogens is 2. The van der Waals surface area contributed by atoms with Crippen LogP contribution in [0.25, 0.3) is 0 Å². The quantitative estimate of drug-likeness (QED) is 0.715. The summed E-state index contributed by atoms with van der Waals surface area (Å²) in [6.45, 7) is 4.87. The van der Waals surface area contributed by atoms with E-state index in [9.17, 15) is 9.59 Å². The second-order valence-electron chi connectivity index (χ2n) is 4.83. The Morgan fingerprint density at radius 3 is 2.57 bits per heavy atom. The van der Waals surface area contributed by atoms with Gasteiger partial charge in [-0.2, -0.15) is 5.26 Å². The molecule has 1 rings (SSSR count). The molecule has 0 saturated heterocycles. The largest absolute Gasteiger partial charge is 0.451 e. The fourth-order valence-electron chi connectivity index (χ4n) is 1.28. The van der Waals surface area contributed by atoms with Crippen LogP contribution in [-0.4, -0.2) is 24.0 Å². The number of amides is 1. The number of nitrogens with zero attached hydrogens (tertiary/aromatic N) is 1. The Morgan fingerprint density at radius 1 is 1.52 bits per heavy atom. The molecule has 1 aromatic heterocycles. The first-order valence-electron chi connectivity index (χ1n) is 6.04. The average Bonchev–Trinajstić information content (AvgIpc) is 2.75. The number of esters is 1. The van der Waals surface area contributed by atoms with Crippen LogP contribution >= 0.6 is 43.2 Å². The van der Waals surface area contributed by atoms with Gasteiger partial charge in [0.25, 0.3) is 5.91 Å². The maximum atomic E-state index is 11.8. The van der Waals surface area contributed by atoms with Crippen LogP contribution in [0.1, 0.15) is 30.4 Å². The molecule has 0 spiro atoms. The minimum atomic E-state index is -0.988. The van der Waals surface area contributed by atoms with Crippen LogP contribution in [0.2, 0.25) is 0 Å². The summed E-state index contributed by atoms with van der Waals surface area (Å²) in [5.41, 5.74) is -0.988. The number of nitrogens with one attached hydrogen (secondary N) is 1. The van der Waals surface area contributed by atoms with Gasteiger partial charge in [0.1, 0.15) is 10.4 Å². The summed E-state index contributed by atoms with van der Waals surface area (Å²) in [6, 6.07) is 3.67. The van der Waals surface area contributed by atoms with Gasteiger partial charge in [0.05, 0.1) is 9.86 Å². The molecule has 0 radical (unpaired) electrons. The van der Waals surface area contributed by atoms with E-state index in [0.717, 1.165) is 8.26 Å². The van der Waals surface area contributed by atoms with Gasteiger partial charge >= 0.3 is 5.97 Å². The van der Waals surface area contributed by atoms with E-state index in [-0.39, 0.29) is 5.92 Å². The van der Waals surface area contributed by atoms with Gasteiger partial charge in [0.15, 0.2) is 6.61 Å². The monoisotopic (exact) mass is 436 g/mol. The summed E-state index contributed by atoms with van der Waals surface area (Å²) >= 11 is 7.76. The number of hydrogen-bond acceptors (Lipinski definition) is 5. The second kappa shape index (κ2) is 7.38. The highest BCUT2D eigenvalue weighted by atomic mass is 79.9. The molecule has 0 saturated carbocycles. The topological polar surface area (TPSA) is 79.2 Å². The van der Waals surface area contributed by atoms with Gasteiger partial charge in [-0.1, -0.05) is 13.8 Å². The van der Waals surface area contributed by atoms with Crippen molar-refractivity contribution in [1.82, 2.24) is 5.32 Å². The molecular weight excluding hydrogens is 424 g/mol. The van der Waals surface area contributed by atoms with Crippen LogP contribution in [0.4, 0.5) is 0 Å². The SMILES string of the molecule is CC(C)[C@@](C)(C#N)NC(=O)COC(=O)c1cc(Br)c(Br)s1. The second-order valence-corrected chi connectivity index (χ2v) is 8.05. The fourth-order valence-corrected chi connectivity index (χ4v) is 3.21. The number of carbonyl (C=O) groups excluding carboxylic acids is 2. The first-order valence-corrected chi connectivity index (χ1v) is 8.44. The van der Waals surface area contributed by atoms with Crippen molar-refractivity contribution in [1.29, 1.82) is 5.26 Å². The standard InChI is InChI=1S/C13H14Br2N2O3S/c1-7(2)13(3,6-16)17-10(18)5-20-12(19)9-4-8(14)11(15)21-9/h4,7H,5H2,1-3H3,(H,17,18)/t13-/m1/s1.